The van der Waals surface area contributed by atoms with E-state index in [9.17, 15) is 22.8 Å². The SMILES string of the molecule is CCCC(=O)C(=O)N(CC)Cc1ccc(-c2noc(C(F)(F)F)n2)cc1. The maximum atomic E-state index is 12.5. The summed E-state index contributed by atoms with van der Waals surface area (Å²) in [5, 5.41) is 3.32. The van der Waals surface area contributed by atoms with Gasteiger partial charge in [-0.25, -0.2) is 0 Å². The van der Waals surface area contributed by atoms with Gasteiger partial charge in [0.15, 0.2) is 0 Å². The van der Waals surface area contributed by atoms with Gasteiger partial charge in [0.1, 0.15) is 0 Å². The van der Waals surface area contributed by atoms with Crippen LogP contribution < -0.4 is 0 Å². The molecule has 0 aliphatic rings. The van der Waals surface area contributed by atoms with E-state index < -0.39 is 23.8 Å². The zero-order valence-corrected chi connectivity index (χ0v) is 14.3. The molecule has 0 unspecified atom stereocenters. The molecule has 0 bridgehead atoms. The van der Waals surface area contributed by atoms with Crippen LogP contribution in [0.25, 0.3) is 11.4 Å². The number of likely N-dealkylation sites (N-methyl/N-ethyl adjacent to an activating group) is 1. The predicted molar refractivity (Wildman–Crippen MR) is 85.7 cm³/mol. The van der Waals surface area contributed by atoms with Crippen molar-refractivity contribution in [2.24, 2.45) is 0 Å². The van der Waals surface area contributed by atoms with Crippen LogP contribution in [0.5, 0.6) is 0 Å². The van der Waals surface area contributed by atoms with E-state index in [-0.39, 0.29) is 18.8 Å². The van der Waals surface area contributed by atoms with Gasteiger partial charge in [0.25, 0.3) is 5.91 Å². The first-order valence-corrected chi connectivity index (χ1v) is 8.08. The number of hydrogen-bond donors (Lipinski definition) is 0. The summed E-state index contributed by atoms with van der Waals surface area (Å²) in [6.07, 6.45) is -3.90. The molecule has 0 N–H and O–H groups in total. The average Bonchev–Trinajstić information content (AvgIpc) is 3.10. The number of carbonyl (C=O) groups is 2. The van der Waals surface area contributed by atoms with Crippen LogP contribution in [-0.2, 0) is 22.3 Å². The van der Waals surface area contributed by atoms with Crippen LogP contribution in [-0.4, -0.2) is 33.3 Å². The van der Waals surface area contributed by atoms with Crippen molar-refractivity contribution >= 4 is 11.7 Å². The molecule has 2 aromatic rings. The summed E-state index contributed by atoms with van der Waals surface area (Å²) < 4.78 is 41.7. The number of rotatable bonds is 7. The molecule has 0 saturated carbocycles. The number of Topliss-reactive ketones (excluding diaryl/α,β-unsaturated/α-hetero) is 1. The molecule has 0 saturated heterocycles. The topological polar surface area (TPSA) is 76.3 Å². The van der Waals surface area contributed by atoms with E-state index in [0.717, 1.165) is 5.56 Å². The lowest BCUT2D eigenvalue weighted by Crippen LogP contribution is -2.35. The Hall–Kier alpha value is -2.71. The van der Waals surface area contributed by atoms with Gasteiger partial charge in [-0.15, -0.1) is 0 Å². The molecular formula is C17H18F3N3O3. The van der Waals surface area contributed by atoms with Crippen LogP contribution in [0.2, 0.25) is 0 Å². The highest BCUT2D eigenvalue weighted by Gasteiger charge is 2.38. The summed E-state index contributed by atoms with van der Waals surface area (Å²) in [5.41, 5.74) is 1.08. The summed E-state index contributed by atoms with van der Waals surface area (Å²) in [6.45, 7) is 4.19. The maximum absolute atomic E-state index is 12.5. The molecule has 9 heteroatoms. The standard InChI is InChI=1S/C17H18F3N3O3/c1-3-5-13(24)15(25)23(4-2)10-11-6-8-12(9-7-11)14-21-16(26-22-14)17(18,19)20/h6-9H,3-5,10H2,1-2H3. The lowest BCUT2D eigenvalue weighted by molar-refractivity contribution is -0.159. The molecule has 1 aromatic heterocycles. The first kappa shape index (κ1) is 19.6. The van der Waals surface area contributed by atoms with Crippen molar-refractivity contribution in [3.05, 3.63) is 35.7 Å². The van der Waals surface area contributed by atoms with Gasteiger partial charge in [-0.05, 0) is 18.9 Å². The number of aromatic nitrogens is 2. The van der Waals surface area contributed by atoms with Gasteiger partial charge in [-0.2, -0.15) is 18.2 Å². The summed E-state index contributed by atoms with van der Waals surface area (Å²) in [4.78, 5) is 28.6. The predicted octanol–water partition coefficient (Wildman–Crippen LogP) is 3.47. The van der Waals surface area contributed by atoms with Crippen molar-refractivity contribution in [1.29, 1.82) is 0 Å². The maximum Gasteiger partial charge on any atom is 0.471 e. The molecule has 0 aliphatic heterocycles. The molecule has 26 heavy (non-hydrogen) atoms. The van der Waals surface area contributed by atoms with Gasteiger partial charge in [0.05, 0.1) is 0 Å². The average molecular weight is 369 g/mol. The minimum Gasteiger partial charge on any atom is -0.332 e. The number of alkyl halides is 3. The summed E-state index contributed by atoms with van der Waals surface area (Å²) in [6, 6.07) is 6.34. The second-order valence-corrected chi connectivity index (χ2v) is 5.61. The number of carbonyl (C=O) groups excluding carboxylic acids is 2. The number of hydrogen-bond acceptors (Lipinski definition) is 5. The van der Waals surface area contributed by atoms with Gasteiger partial charge in [0, 0.05) is 25.1 Å². The summed E-state index contributed by atoms with van der Waals surface area (Å²) >= 11 is 0. The molecule has 0 atom stereocenters. The van der Waals surface area contributed by atoms with Crippen molar-refractivity contribution in [2.45, 2.75) is 39.4 Å². The van der Waals surface area contributed by atoms with E-state index in [4.69, 9.17) is 0 Å². The Balaban J connectivity index is 2.10. The number of benzene rings is 1. The molecule has 6 nitrogen and oxygen atoms in total. The number of ketones is 1. The van der Waals surface area contributed by atoms with Gasteiger partial charge < -0.3 is 9.42 Å². The van der Waals surface area contributed by atoms with Gasteiger partial charge >= 0.3 is 12.1 Å². The van der Waals surface area contributed by atoms with Crippen molar-refractivity contribution < 1.29 is 27.3 Å². The largest absolute Gasteiger partial charge is 0.471 e. The van der Waals surface area contributed by atoms with Gasteiger partial charge in [0.2, 0.25) is 11.6 Å². The lowest BCUT2D eigenvalue weighted by Gasteiger charge is -2.20. The highest BCUT2D eigenvalue weighted by molar-refractivity contribution is 6.35. The first-order chi connectivity index (χ1) is 12.3. The third-order valence-corrected chi connectivity index (χ3v) is 3.64. The van der Waals surface area contributed by atoms with Crippen LogP contribution in [0.1, 0.15) is 38.1 Å². The van der Waals surface area contributed by atoms with Crippen molar-refractivity contribution in [1.82, 2.24) is 15.0 Å². The van der Waals surface area contributed by atoms with E-state index in [1.165, 1.54) is 17.0 Å². The third-order valence-electron chi connectivity index (χ3n) is 3.64. The van der Waals surface area contributed by atoms with Crippen molar-refractivity contribution in [3.8, 4) is 11.4 Å². The van der Waals surface area contributed by atoms with E-state index in [2.05, 4.69) is 14.7 Å². The monoisotopic (exact) mass is 369 g/mol. The molecule has 0 radical (unpaired) electrons. The number of amides is 1. The molecule has 1 amide bonds. The normalized spacial score (nSPS) is 11.4. The third kappa shape index (κ3) is 4.68. The minimum atomic E-state index is -4.70. The Morgan fingerprint density at radius 2 is 1.81 bits per heavy atom. The zero-order chi connectivity index (χ0) is 19.3. The van der Waals surface area contributed by atoms with Gasteiger partial charge in [-0.3, -0.25) is 9.59 Å². The first-order valence-electron chi connectivity index (χ1n) is 8.08. The minimum absolute atomic E-state index is 0.176. The van der Waals surface area contributed by atoms with Crippen molar-refractivity contribution in [3.63, 3.8) is 0 Å². The molecule has 0 fully saturated rings. The van der Waals surface area contributed by atoms with Crippen LogP contribution in [0.4, 0.5) is 13.2 Å². The highest BCUT2D eigenvalue weighted by atomic mass is 19.4. The highest BCUT2D eigenvalue weighted by Crippen LogP contribution is 2.29. The lowest BCUT2D eigenvalue weighted by atomic mass is 10.1. The zero-order valence-electron chi connectivity index (χ0n) is 14.3. The fourth-order valence-corrected chi connectivity index (χ4v) is 2.27. The van der Waals surface area contributed by atoms with Crippen LogP contribution >= 0.6 is 0 Å². The molecule has 1 aromatic carbocycles. The number of halogens is 3. The smallest absolute Gasteiger partial charge is 0.332 e. The molecule has 1 heterocycles. The quantitative estimate of drug-likeness (QED) is 0.699. The van der Waals surface area contributed by atoms with Gasteiger partial charge in [-0.1, -0.05) is 36.3 Å². The number of nitrogens with zero attached hydrogens (tertiary/aromatic N) is 3. The molecule has 140 valence electrons. The fourth-order valence-electron chi connectivity index (χ4n) is 2.27. The molecule has 0 spiro atoms. The molecular weight excluding hydrogens is 351 g/mol. The van der Waals surface area contributed by atoms with E-state index in [1.54, 1.807) is 19.1 Å². The van der Waals surface area contributed by atoms with Crippen LogP contribution in [0, 0.1) is 0 Å². The second kappa shape index (κ2) is 8.11. The Morgan fingerprint density at radius 3 is 2.31 bits per heavy atom. The molecule has 2 rings (SSSR count). The second-order valence-electron chi connectivity index (χ2n) is 5.61. The summed E-state index contributed by atoms with van der Waals surface area (Å²) in [7, 11) is 0. The summed E-state index contributed by atoms with van der Waals surface area (Å²) in [5.74, 6) is -2.55. The van der Waals surface area contributed by atoms with E-state index in [1.807, 2.05) is 6.92 Å². The Labute approximate surface area is 148 Å². The Bertz CT molecular complexity index is 770. The van der Waals surface area contributed by atoms with Crippen LogP contribution in [0.3, 0.4) is 0 Å². The Morgan fingerprint density at radius 1 is 1.15 bits per heavy atom. The Kier molecular flexibility index (Phi) is 6.12. The van der Waals surface area contributed by atoms with Crippen molar-refractivity contribution in [2.75, 3.05) is 6.54 Å². The fraction of sp³-hybridized carbons (Fsp3) is 0.412. The van der Waals surface area contributed by atoms with Crippen LogP contribution in [0.15, 0.2) is 28.8 Å². The van der Waals surface area contributed by atoms with E-state index >= 15 is 0 Å². The van der Waals surface area contributed by atoms with E-state index in [0.29, 0.717) is 18.5 Å². The molecule has 0 aliphatic carbocycles.